The maximum absolute atomic E-state index is 13.1. The molecule has 170 valence electrons. The first kappa shape index (κ1) is 23.3. The van der Waals surface area contributed by atoms with Crippen molar-refractivity contribution in [3.8, 4) is 5.75 Å². The van der Waals surface area contributed by atoms with Crippen LogP contribution in [0.5, 0.6) is 5.75 Å². The molecule has 1 heterocycles. The van der Waals surface area contributed by atoms with E-state index in [9.17, 15) is 24.1 Å². The molecule has 0 bridgehead atoms. The van der Waals surface area contributed by atoms with Crippen LogP contribution in [0.4, 0.5) is 10.1 Å². The number of nitrogens with zero attached hydrogens (tertiary/aromatic N) is 3. The minimum absolute atomic E-state index is 0.0519. The molecule has 1 amide bonds. The van der Waals surface area contributed by atoms with Crippen LogP contribution in [0.15, 0.2) is 42.5 Å². The van der Waals surface area contributed by atoms with E-state index in [0.717, 1.165) is 11.6 Å². The fourth-order valence-electron chi connectivity index (χ4n) is 3.81. The number of piperazine rings is 1. The molecule has 1 aliphatic heterocycles. The highest BCUT2D eigenvalue weighted by Crippen LogP contribution is 2.28. The van der Waals surface area contributed by atoms with Crippen LogP contribution in [0, 0.1) is 15.9 Å². The third-order valence-electron chi connectivity index (χ3n) is 5.65. The number of nitro benzene ring substituents is 1. The van der Waals surface area contributed by atoms with E-state index in [2.05, 4.69) is 4.90 Å². The zero-order valence-electron chi connectivity index (χ0n) is 18.3. The maximum atomic E-state index is 13.1. The highest BCUT2D eigenvalue weighted by Gasteiger charge is 2.32. The van der Waals surface area contributed by atoms with Gasteiger partial charge in [-0.2, -0.15) is 0 Å². The van der Waals surface area contributed by atoms with Crippen LogP contribution in [-0.2, 0) is 11.3 Å². The van der Waals surface area contributed by atoms with Crippen LogP contribution in [0.25, 0.3) is 0 Å². The van der Waals surface area contributed by atoms with E-state index in [4.69, 9.17) is 4.74 Å². The van der Waals surface area contributed by atoms with Crippen LogP contribution in [0.2, 0.25) is 0 Å². The molecule has 0 saturated carbocycles. The van der Waals surface area contributed by atoms with Gasteiger partial charge >= 0.3 is 5.69 Å². The van der Waals surface area contributed by atoms with Crippen LogP contribution in [0.3, 0.4) is 0 Å². The van der Waals surface area contributed by atoms with E-state index in [1.165, 1.54) is 31.2 Å². The van der Waals surface area contributed by atoms with Gasteiger partial charge < -0.3 is 9.64 Å². The quantitative estimate of drug-likeness (QED) is 0.370. The summed E-state index contributed by atoms with van der Waals surface area (Å²) < 4.78 is 18.6. The van der Waals surface area contributed by atoms with E-state index >= 15 is 0 Å². The Labute approximate surface area is 185 Å². The van der Waals surface area contributed by atoms with Gasteiger partial charge in [0.1, 0.15) is 5.82 Å². The van der Waals surface area contributed by atoms with Gasteiger partial charge in [-0.1, -0.05) is 12.1 Å². The molecular formula is C23H26FN3O5. The van der Waals surface area contributed by atoms with E-state index in [0.29, 0.717) is 19.6 Å². The molecular weight excluding hydrogens is 417 g/mol. The third kappa shape index (κ3) is 5.47. The van der Waals surface area contributed by atoms with Gasteiger partial charge in [-0.3, -0.25) is 24.6 Å². The van der Waals surface area contributed by atoms with Gasteiger partial charge in [-0.25, -0.2) is 4.39 Å². The van der Waals surface area contributed by atoms with Gasteiger partial charge in [0.15, 0.2) is 18.1 Å². The summed E-state index contributed by atoms with van der Waals surface area (Å²) in [7, 11) is 0. The smallest absolute Gasteiger partial charge is 0.311 e. The minimum atomic E-state index is -0.634. The molecule has 0 N–H and O–H groups in total. The monoisotopic (exact) mass is 443 g/mol. The number of hydrogen-bond acceptors (Lipinski definition) is 6. The summed E-state index contributed by atoms with van der Waals surface area (Å²) in [5.74, 6) is -0.890. The van der Waals surface area contributed by atoms with Gasteiger partial charge in [0.2, 0.25) is 0 Å². The summed E-state index contributed by atoms with van der Waals surface area (Å²) in [5.41, 5.74) is 0.848. The number of ether oxygens (including phenoxy) is 1. The zero-order chi connectivity index (χ0) is 23.4. The normalized spacial score (nSPS) is 18.9. The van der Waals surface area contributed by atoms with Crippen molar-refractivity contribution in [3.05, 3.63) is 69.5 Å². The predicted molar refractivity (Wildman–Crippen MR) is 116 cm³/mol. The predicted octanol–water partition coefficient (Wildman–Crippen LogP) is 3.44. The molecule has 1 saturated heterocycles. The van der Waals surface area contributed by atoms with Crippen molar-refractivity contribution in [2.45, 2.75) is 39.4 Å². The van der Waals surface area contributed by atoms with Gasteiger partial charge in [0, 0.05) is 43.3 Å². The van der Waals surface area contributed by atoms with Crippen molar-refractivity contribution >= 4 is 17.4 Å². The molecule has 2 aromatic rings. The lowest BCUT2D eigenvalue weighted by atomic mass is 10.1. The number of nitro groups is 1. The number of halogens is 1. The molecule has 0 spiro atoms. The lowest BCUT2D eigenvalue weighted by molar-refractivity contribution is -0.385. The Morgan fingerprint density at radius 3 is 2.44 bits per heavy atom. The molecule has 0 radical (unpaired) electrons. The number of ketones is 1. The summed E-state index contributed by atoms with van der Waals surface area (Å²) in [6.45, 7) is 6.71. The second kappa shape index (κ2) is 9.86. The standard InChI is InChI=1S/C23H26FN3O5/c1-15-12-26(16(2)11-25(15)13-18-4-7-20(24)8-5-18)23(29)14-32-22-9-6-19(17(3)28)10-21(22)27(30)31/h4-10,15-16H,11-14H2,1-3H3/t15-,16+/m1/s1. The molecule has 9 heteroatoms. The van der Waals surface area contributed by atoms with E-state index in [-0.39, 0.29) is 53.2 Å². The number of amides is 1. The molecule has 0 unspecified atom stereocenters. The molecule has 32 heavy (non-hydrogen) atoms. The fourth-order valence-corrected chi connectivity index (χ4v) is 3.81. The first-order chi connectivity index (χ1) is 15.2. The van der Waals surface area contributed by atoms with E-state index in [1.54, 1.807) is 17.0 Å². The average molecular weight is 443 g/mol. The Bertz CT molecular complexity index is 1010. The average Bonchev–Trinajstić information content (AvgIpc) is 2.75. The largest absolute Gasteiger partial charge is 0.477 e. The van der Waals surface area contributed by atoms with Gasteiger partial charge in [-0.05, 0) is 50.6 Å². The van der Waals surface area contributed by atoms with Crippen LogP contribution >= 0.6 is 0 Å². The zero-order valence-corrected chi connectivity index (χ0v) is 18.3. The van der Waals surface area contributed by atoms with E-state index in [1.807, 2.05) is 13.8 Å². The molecule has 1 fully saturated rings. The second-order valence-corrected chi connectivity index (χ2v) is 8.08. The summed E-state index contributed by atoms with van der Waals surface area (Å²) in [6, 6.07) is 10.3. The Hall–Kier alpha value is -3.33. The molecule has 8 nitrogen and oxygen atoms in total. The molecule has 0 aliphatic carbocycles. The number of rotatable bonds is 7. The van der Waals surface area contributed by atoms with Crippen molar-refractivity contribution in [3.63, 3.8) is 0 Å². The molecule has 2 atom stereocenters. The number of benzene rings is 2. The number of Topliss-reactive ketones (excluding diaryl/α,β-unsaturated/α-hetero) is 1. The summed E-state index contributed by atoms with van der Waals surface area (Å²) in [4.78, 5) is 38.9. The van der Waals surface area contributed by atoms with Gasteiger partial charge in [0.05, 0.1) is 4.92 Å². The van der Waals surface area contributed by atoms with Crippen molar-refractivity contribution in [2.24, 2.45) is 0 Å². The Morgan fingerprint density at radius 1 is 1.12 bits per heavy atom. The van der Waals surface area contributed by atoms with Crippen molar-refractivity contribution in [2.75, 3.05) is 19.7 Å². The first-order valence-corrected chi connectivity index (χ1v) is 10.4. The first-order valence-electron chi connectivity index (χ1n) is 10.4. The highest BCUT2D eigenvalue weighted by atomic mass is 19.1. The van der Waals surface area contributed by atoms with Gasteiger partial charge in [-0.15, -0.1) is 0 Å². The Kier molecular flexibility index (Phi) is 7.19. The van der Waals surface area contributed by atoms with Crippen LogP contribution < -0.4 is 4.74 Å². The van der Waals surface area contributed by atoms with Crippen molar-refractivity contribution < 1.29 is 23.6 Å². The second-order valence-electron chi connectivity index (χ2n) is 8.08. The van der Waals surface area contributed by atoms with Crippen LogP contribution in [-0.4, -0.2) is 58.2 Å². The lowest BCUT2D eigenvalue weighted by Gasteiger charge is -2.44. The minimum Gasteiger partial charge on any atom is -0.477 e. The van der Waals surface area contributed by atoms with E-state index < -0.39 is 4.92 Å². The summed E-state index contributed by atoms with van der Waals surface area (Å²) >= 11 is 0. The van der Waals surface area contributed by atoms with Gasteiger partial charge in [0.25, 0.3) is 5.91 Å². The number of carbonyl (C=O) groups excluding carboxylic acids is 2. The summed E-state index contributed by atoms with van der Waals surface area (Å²) in [6.07, 6.45) is 0. The molecule has 1 aliphatic rings. The SMILES string of the molecule is CC(=O)c1ccc(OCC(=O)N2C[C@@H](C)N(Cc3ccc(F)cc3)C[C@@H]2C)c([N+](=O)[O-])c1. The summed E-state index contributed by atoms with van der Waals surface area (Å²) in [5, 5.41) is 11.3. The molecule has 2 aromatic carbocycles. The fraction of sp³-hybridized carbons (Fsp3) is 0.391. The number of carbonyl (C=O) groups is 2. The topological polar surface area (TPSA) is 93.0 Å². The molecule has 0 aromatic heterocycles. The lowest BCUT2D eigenvalue weighted by Crippen LogP contribution is -2.58. The Balaban J connectivity index is 1.62. The van der Waals surface area contributed by atoms with Crippen molar-refractivity contribution in [1.82, 2.24) is 9.80 Å². The highest BCUT2D eigenvalue weighted by molar-refractivity contribution is 5.95. The van der Waals surface area contributed by atoms with Crippen LogP contribution in [0.1, 0.15) is 36.7 Å². The Morgan fingerprint density at radius 2 is 1.81 bits per heavy atom. The maximum Gasteiger partial charge on any atom is 0.311 e. The van der Waals surface area contributed by atoms with Crippen molar-refractivity contribution in [1.29, 1.82) is 0 Å². The third-order valence-corrected chi connectivity index (χ3v) is 5.65. The number of hydrogen-bond donors (Lipinski definition) is 0. The molecule has 3 rings (SSSR count).